The van der Waals surface area contributed by atoms with Gasteiger partial charge in [-0.1, -0.05) is 13.8 Å². The van der Waals surface area contributed by atoms with Crippen LogP contribution in [0.1, 0.15) is 61.0 Å². The molecule has 2 nitrogen and oxygen atoms in total. The Kier molecular flexibility index (Phi) is 4.74. The lowest BCUT2D eigenvalue weighted by Gasteiger charge is -2.29. The van der Waals surface area contributed by atoms with Crippen molar-refractivity contribution in [2.24, 2.45) is 17.6 Å². The predicted molar refractivity (Wildman–Crippen MR) is 74.5 cm³/mol. The van der Waals surface area contributed by atoms with Crippen molar-refractivity contribution < 1.29 is 13.2 Å². The highest BCUT2D eigenvalue weighted by Gasteiger charge is 2.38. The molecule has 1 heterocycles. The van der Waals surface area contributed by atoms with Crippen molar-refractivity contribution in [2.45, 2.75) is 58.2 Å². The van der Waals surface area contributed by atoms with Gasteiger partial charge in [-0.15, -0.1) is 11.3 Å². The molecule has 6 heteroatoms. The summed E-state index contributed by atoms with van der Waals surface area (Å²) in [4.78, 5) is 4.02. The lowest BCUT2D eigenvalue weighted by Crippen LogP contribution is -2.17. The fraction of sp³-hybridized carbons (Fsp3) is 0.786. The summed E-state index contributed by atoms with van der Waals surface area (Å²) in [6.07, 6.45) is -0.337. The molecule has 1 aliphatic carbocycles. The first-order valence-corrected chi connectivity index (χ1v) is 7.91. The Morgan fingerprint density at radius 3 is 2.25 bits per heavy atom. The van der Waals surface area contributed by atoms with E-state index in [9.17, 15) is 13.2 Å². The molecule has 2 rings (SSSR count). The first-order chi connectivity index (χ1) is 9.32. The molecule has 1 aromatic heterocycles. The van der Waals surface area contributed by atoms with Gasteiger partial charge in [0.05, 0.1) is 9.88 Å². The zero-order valence-corrected chi connectivity index (χ0v) is 12.7. The van der Waals surface area contributed by atoms with Gasteiger partial charge in [-0.05, 0) is 37.5 Å². The van der Waals surface area contributed by atoms with Crippen molar-refractivity contribution in [3.05, 3.63) is 15.6 Å². The predicted octanol–water partition coefficient (Wildman–Crippen LogP) is 4.55. The van der Waals surface area contributed by atoms with Crippen molar-refractivity contribution in [3.8, 4) is 0 Å². The number of rotatable bonds is 3. The number of aromatic nitrogens is 1. The molecular weight excluding hydrogens is 285 g/mol. The van der Waals surface area contributed by atoms with E-state index < -0.39 is 11.9 Å². The quantitative estimate of drug-likeness (QED) is 0.889. The van der Waals surface area contributed by atoms with Crippen LogP contribution in [0.25, 0.3) is 0 Å². The third kappa shape index (κ3) is 3.34. The molecule has 0 amide bonds. The van der Waals surface area contributed by atoms with Crippen molar-refractivity contribution in [3.63, 3.8) is 0 Å². The maximum Gasteiger partial charge on any atom is 0.434 e. The molecule has 1 saturated carbocycles. The summed E-state index contributed by atoms with van der Waals surface area (Å²) in [6.45, 7) is 4.33. The van der Waals surface area contributed by atoms with E-state index in [2.05, 4.69) is 18.8 Å². The van der Waals surface area contributed by atoms with Gasteiger partial charge in [0.25, 0.3) is 0 Å². The van der Waals surface area contributed by atoms with E-state index >= 15 is 0 Å². The smallest absolute Gasteiger partial charge is 0.326 e. The van der Waals surface area contributed by atoms with E-state index in [4.69, 9.17) is 5.73 Å². The molecule has 1 aromatic rings. The maximum atomic E-state index is 12.9. The average Bonchev–Trinajstić information content (AvgIpc) is 2.83. The number of halogens is 3. The molecule has 0 spiro atoms. The van der Waals surface area contributed by atoms with E-state index in [1.54, 1.807) is 0 Å². The summed E-state index contributed by atoms with van der Waals surface area (Å²) in [6, 6.07) is 0. The molecule has 0 radical (unpaired) electrons. The van der Waals surface area contributed by atoms with Gasteiger partial charge in [0.1, 0.15) is 0 Å². The fourth-order valence-electron chi connectivity index (χ4n) is 2.94. The van der Waals surface area contributed by atoms with Gasteiger partial charge >= 0.3 is 6.18 Å². The Hall–Kier alpha value is -0.620. The number of hydrogen-bond acceptors (Lipinski definition) is 3. The van der Waals surface area contributed by atoms with Gasteiger partial charge in [0.2, 0.25) is 0 Å². The number of nitrogens with zero attached hydrogens (tertiary/aromatic N) is 1. The molecule has 1 aliphatic rings. The molecule has 1 fully saturated rings. The fourth-order valence-corrected chi connectivity index (χ4v) is 4.07. The minimum Gasteiger partial charge on any atom is -0.326 e. The summed E-state index contributed by atoms with van der Waals surface area (Å²) in [5, 5.41) is 0.625. The Morgan fingerprint density at radius 1 is 1.25 bits per heavy atom. The van der Waals surface area contributed by atoms with Gasteiger partial charge in [0, 0.05) is 12.5 Å². The Bertz CT molecular complexity index is 446. The average molecular weight is 306 g/mol. The number of nitrogens with two attached hydrogens (primary N) is 1. The SMILES string of the molecule is CC(C)C1CCC(c2nc(C(F)(F)F)c(CN)s2)CC1. The second-order valence-corrected chi connectivity index (χ2v) is 7.00. The van der Waals surface area contributed by atoms with Crippen LogP contribution in [-0.2, 0) is 12.7 Å². The van der Waals surface area contributed by atoms with Gasteiger partial charge in [-0.3, -0.25) is 0 Å². The standard InChI is InChI=1S/C14H21F3N2S/c1-8(2)9-3-5-10(6-4-9)13-19-12(14(15,16)17)11(7-18)20-13/h8-10H,3-7,18H2,1-2H3. The highest BCUT2D eigenvalue weighted by atomic mass is 32.1. The van der Waals surface area contributed by atoms with Crippen molar-refractivity contribution in [2.75, 3.05) is 0 Å². The normalized spacial score (nSPS) is 24.4. The van der Waals surface area contributed by atoms with Gasteiger partial charge in [-0.25, -0.2) is 4.98 Å². The first kappa shape index (κ1) is 15.8. The lowest BCUT2D eigenvalue weighted by atomic mass is 9.77. The third-order valence-electron chi connectivity index (χ3n) is 4.23. The molecule has 20 heavy (non-hydrogen) atoms. The van der Waals surface area contributed by atoms with Crippen LogP contribution >= 0.6 is 11.3 Å². The Balaban J connectivity index is 2.13. The van der Waals surface area contributed by atoms with Crippen molar-refractivity contribution in [1.29, 1.82) is 0 Å². The third-order valence-corrected chi connectivity index (χ3v) is 5.47. The zero-order chi connectivity index (χ0) is 14.9. The Labute approximate surface area is 121 Å². The first-order valence-electron chi connectivity index (χ1n) is 7.09. The van der Waals surface area contributed by atoms with Crippen LogP contribution in [0.15, 0.2) is 0 Å². The summed E-state index contributed by atoms with van der Waals surface area (Å²) in [5.74, 6) is 1.52. The zero-order valence-electron chi connectivity index (χ0n) is 11.8. The second kappa shape index (κ2) is 6.02. The molecular formula is C14H21F3N2S. The molecule has 0 bridgehead atoms. The van der Waals surface area contributed by atoms with Crippen LogP contribution < -0.4 is 5.73 Å². The molecule has 0 saturated heterocycles. The van der Waals surface area contributed by atoms with E-state index in [1.807, 2.05) is 0 Å². The van der Waals surface area contributed by atoms with Crippen LogP contribution in [0.5, 0.6) is 0 Å². The maximum absolute atomic E-state index is 12.9. The summed E-state index contributed by atoms with van der Waals surface area (Å²) in [7, 11) is 0. The van der Waals surface area contributed by atoms with E-state index in [-0.39, 0.29) is 17.3 Å². The van der Waals surface area contributed by atoms with Gasteiger partial charge in [-0.2, -0.15) is 13.2 Å². The van der Waals surface area contributed by atoms with Crippen LogP contribution in [0.4, 0.5) is 13.2 Å². The van der Waals surface area contributed by atoms with E-state index in [0.29, 0.717) is 16.8 Å². The Morgan fingerprint density at radius 2 is 1.85 bits per heavy atom. The minimum atomic E-state index is -4.39. The van der Waals surface area contributed by atoms with Gasteiger partial charge < -0.3 is 5.73 Å². The monoisotopic (exact) mass is 306 g/mol. The topological polar surface area (TPSA) is 38.9 Å². The van der Waals surface area contributed by atoms with Crippen LogP contribution in [0, 0.1) is 11.8 Å². The number of hydrogen-bond donors (Lipinski definition) is 1. The van der Waals surface area contributed by atoms with Crippen LogP contribution in [0.3, 0.4) is 0 Å². The molecule has 0 unspecified atom stereocenters. The largest absolute Gasteiger partial charge is 0.434 e. The minimum absolute atomic E-state index is 0.0894. The van der Waals surface area contributed by atoms with Gasteiger partial charge in [0.15, 0.2) is 5.69 Å². The highest BCUT2D eigenvalue weighted by molar-refractivity contribution is 7.11. The van der Waals surface area contributed by atoms with Crippen molar-refractivity contribution in [1.82, 2.24) is 4.98 Å². The molecule has 2 N–H and O–H groups in total. The molecule has 0 atom stereocenters. The van der Waals surface area contributed by atoms with Crippen LogP contribution in [0.2, 0.25) is 0 Å². The van der Waals surface area contributed by atoms with E-state index in [0.717, 1.165) is 37.0 Å². The molecule has 0 aliphatic heterocycles. The molecule has 0 aromatic carbocycles. The highest BCUT2D eigenvalue weighted by Crippen LogP contribution is 2.42. The van der Waals surface area contributed by atoms with Crippen LogP contribution in [-0.4, -0.2) is 4.98 Å². The second-order valence-electron chi connectivity index (χ2n) is 5.88. The molecule has 114 valence electrons. The summed E-state index contributed by atoms with van der Waals surface area (Å²) < 4.78 is 38.6. The summed E-state index contributed by atoms with van der Waals surface area (Å²) >= 11 is 1.15. The summed E-state index contributed by atoms with van der Waals surface area (Å²) in [5.41, 5.74) is 4.65. The lowest BCUT2D eigenvalue weighted by molar-refractivity contribution is -0.141. The van der Waals surface area contributed by atoms with E-state index in [1.165, 1.54) is 0 Å². The van der Waals surface area contributed by atoms with Crippen molar-refractivity contribution >= 4 is 11.3 Å². The number of alkyl halides is 3. The number of thiazole rings is 1.